The molecule has 135 heavy (non-hydrogen) atoms. The second-order valence-electron chi connectivity index (χ2n) is 33.1. The number of aliphatic carboxylic acids is 1. The Kier molecular flexibility index (Phi) is 40.4. The summed E-state index contributed by atoms with van der Waals surface area (Å²) >= 11 is 0. The first-order chi connectivity index (χ1) is 64.5. The molecule has 33 atom stereocenters. The minimum Gasteiger partial charge on any atom is -0.494 e. The SMILES string of the molecule is Cc1cc(OCCCC(=O)NCCCOCCOCCOCCCNC(=O)C(N)CCC(=O)NO[C@@H]2[C@@H](O)[C@H]3O[C@H]4[C@H](O)[C@@H](O)[C@@H](O[C@H]5[C@H](O)[C@@H](O)[C@@H](O[C@H]6[C@H](O)[C@@H](O)[C@@H](O[C@H]7[C@H](O)[C@@H](O)[C@@H](O[C@H]8[C@H](O)[C@@H](O)[C@@H](O[C@H]2[C@@H](CO)O3)O[C@@H]8CO)O[C@@H]7CO)O[C@@H]6CO)O[C@@H]5CO)O[C@@H]4CO)cc(C)c1S(=O)(=O)NC(CNC(=O)C1=Nc2cc(CNc3ncc[nH]3)ccc2C(=O)C1C)C(=O)O. The van der Waals surface area contributed by atoms with Gasteiger partial charge in [-0.05, 0) is 87.4 Å². The number of ether oxygens (including phenoxy) is 16. The number of carbonyl (C=O) groups excluding carboxylic acids is 5. The van der Waals surface area contributed by atoms with Crippen LogP contribution in [0, 0.1) is 19.8 Å². The van der Waals surface area contributed by atoms with Crippen LogP contribution in [0.4, 0.5) is 11.6 Å². The van der Waals surface area contributed by atoms with Crippen LogP contribution >= 0.6 is 0 Å². The van der Waals surface area contributed by atoms with Gasteiger partial charge in [-0.2, -0.15) is 4.72 Å². The van der Waals surface area contributed by atoms with Crippen molar-refractivity contribution in [1.29, 1.82) is 0 Å². The average molecular weight is 1960 g/mol. The largest absolute Gasteiger partial charge is 0.494 e. The van der Waals surface area contributed by atoms with Crippen LogP contribution in [0.2, 0.25) is 0 Å². The molecule has 27 N–H and O–H groups in total. The van der Waals surface area contributed by atoms with Gasteiger partial charge in [-0.25, -0.2) is 23.9 Å². The summed E-state index contributed by atoms with van der Waals surface area (Å²) in [5.41, 5.74) is 9.75. The summed E-state index contributed by atoms with van der Waals surface area (Å²) in [4.78, 5) is 95.3. The molecule has 24 heterocycles. The highest BCUT2D eigenvalue weighted by atomic mass is 32.2. The number of nitrogens with zero attached hydrogens (tertiary/aromatic N) is 2. The highest BCUT2D eigenvalue weighted by Gasteiger charge is 2.60. The number of ketones is 1. The Hall–Kier alpha value is -7.51. The molecule has 22 saturated heterocycles. The van der Waals surface area contributed by atoms with Gasteiger partial charge in [0.1, 0.15) is 164 Å². The average Bonchev–Trinajstić information content (AvgIpc) is 0.986. The molecule has 3 aromatic rings. The van der Waals surface area contributed by atoms with E-state index in [-0.39, 0.29) is 98.1 Å². The number of sulfonamides is 1. The number of nitrogens with one attached hydrogen (secondary N) is 7. The topological polar surface area (TPSA) is 797 Å². The van der Waals surface area contributed by atoms with Crippen molar-refractivity contribution in [3.63, 3.8) is 0 Å². The molecule has 0 saturated carbocycles. The van der Waals surface area contributed by atoms with Crippen LogP contribution in [-0.4, -0.2) is 453 Å². The molecule has 3 unspecified atom stereocenters. The van der Waals surface area contributed by atoms with Crippen molar-refractivity contribution in [2.24, 2.45) is 16.6 Å². The Morgan fingerprint density at radius 2 is 0.948 bits per heavy atom. The fourth-order valence-corrected chi connectivity index (χ4v) is 17.8. The number of aliphatic hydroxyl groups is 17. The number of aliphatic imine (C=N–C) groups is 1. The molecule has 0 radical (unpaired) electrons. The fourth-order valence-electron chi connectivity index (χ4n) is 16.1. The van der Waals surface area contributed by atoms with Crippen LogP contribution in [0.25, 0.3) is 0 Å². The summed E-state index contributed by atoms with van der Waals surface area (Å²) in [6.45, 7) is -0.584. The van der Waals surface area contributed by atoms with Crippen LogP contribution in [0.5, 0.6) is 5.75 Å². The van der Waals surface area contributed by atoms with Gasteiger partial charge in [0.05, 0.1) is 95.2 Å². The highest BCUT2D eigenvalue weighted by molar-refractivity contribution is 7.89. The van der Waals surface area contributed by atoms with Crippen molar-refractivity contribution in [1.82, 2.24) is 36.1 Å². The van der Waals surface area contributed by atoms with E-state index in [1.807, 2.05) is 0 Å². The number of aromatic amines is 1. The second-order valence-corrected chi connectivity index (χ2v) is 34.7. The minimum absolute atomic E-state index is 0.0875. The number of rotatable bonds is 41. The van der Waals surface area contributed by atoms with Gasteiger partial charge in [-0.15, -0.1) is 0 Å². The minimum atomic E-state index is -4.52. The number of Topliss-reactive ketones (excluding diaryl/α,β-unsaturated/α-hetero) is 1. The van der Waals surface area contributed by atoms with E-state index < -0.39 is 289 Å². The molecule has 4 amide bonds. The number of aryl methyl sites for hydroxylation is 2. The van der Waals surface area contributed by atoms with Crippen molar-refractivity contribution in [2.75, 3.05) is 111 Å². The number of nitrogens with two attached hydrogens (primary N) is 1. The zero-order valence-corrected chi connectivity index (χ0v) is 74.3. The normalized spacial score (nSPS) is 34.5. The van der Waals surface area contributed by atoms with Crippen LogP contribution in [0.1, 0.15) is 72.5 Å². The summed E-state index contributed by atoms with van der Waals surface area (Å²) in [5.74, 6) is -4.93. The van der Waals surface area contributed by atoms with E-state index in [1.54, 1.807) is 30.6 Å². The summed E-state index contributed by atoms with van der Waals surface area (Å²) < 4.78 is 122. The van der Waals surface area contributed by atoms with Crippen LogP contribution in [0.3, 0.4) is 0 Å². The van der Waals surface area contributed by atoms with Gasteiger partial charge >= 0.3 is 5.97 Å². The maximum atomic E-state index is 13.7. The monoisotopic (exact) mass is 1950 g/mol. The molecule has 0 spiro atoms. The first-order valence-electron chi connectivity index (χ1n) is 43.8. The molecular weight excluding hydrogens is 1830 g/mol. The lowest BCUT2D eigenvalue weighted by atomic mass is 9.89. The van der Waals surface area contributed by atoms with Crippen molar-refractivity contribution in [2.45, 2.75) is 267 Å². The maximum absolute atomic E-state index is 13.7. The third-order valence-corrected chi connectivity index (χ3v) is 25.2. The van der Waals surface area contributed by atoms with Crippen molar-refractivity contribution >= 4 is 62.8 Å². The Bertz CT molecular complexity index is 4430. The number of aromatic nitrogens is 2. The number of carbonyl (C=O) groups is 6. The Morgan fingerprint density at radius 3 is 1.39 bits per heavy atom. The quantitative estimate of drug-likeness (QED) is 0.0185. The molecule has 12 bridgehead atoms. The molecule has 54 heteroatoms. The zero-order valence-electron chi connectivity index (χ0n) is 73.5. The molecule has 760 valence electrons. The van der Waals surface area contributed by atoms with Crippen LogP contribution < -0.4 is 41.9 Å². The van der Waals surface area contributed by atoms with Crippen LogP contribution in [0.15, 0.2) is 52.6 Å². The summed E-state index contributed by atoms with van der Waals surface area (Å²) in [6.07, 6.45) is -58.2. The molecule has 22 fully saturated rings. The van der Waals surface area contributed by atoms with Crippen molar-refractivity contribution in [3.05, 3.63) is 65.0 Å². The van der Waals surface area contributed by atoms with Gasteiger partial charge in [0.2, 0.25) is 27.7 Å². The zero-order chi connectivity index (χ0) is 97.8. The van der Waals surface area contributed by atoms with E-state index in [0.29, 0.717) is 56.2 Å². The number of carboxylic acid groups (broad SMARTS) is 1. The molecule has 26 rings (SSSR count). The first kappa shape index (κ1) is 108. The van der Waals surface area contributed by atoms with Gasteiger partial charge < -0.3 is 200 Å². The molecular formula is C81H122N10O43S. The van der Waals surface area contributed by atoms with E-state index >= 15 is 0 Å². The number of hydroxylamine groups is 1. The Balaban J connectivity index is 0.582. The predicted molar refractivity (Wildman–Crippen MR) is 446 cm³/mol. The lowest BCUT2D eigenvalue weighted by Crippen LogP contribution is -2.69. The second kappa shape index (κ2) is 50.6. The smallest absolute Gasteiger partial charge is 0.323 e. The van der Waals surface area contributed by atoms with Gasteiger partial charge in [0, 0.05) is 70.2 Å². The third kappa shape index (κ3) is 27.2. The highest BCUT2D eigenvalue weighted by Crippen LogP contribution is 2.40. The molecule has 23 aliphatic rings. The Morgan fingerprint density at radius 1 is 0.519 bits per heavy atom. The van der Waals surface area contributed by atoms with E-state index in [4.69, 9.17) is 86.4 Å². The van der Waals surface area contributed by atoms with E-state index in [9.17, 15) is 129 Å². The van der Waals surface area contributed by atoms with E-state index in [0.717, 1.165) is 5.56 Å². The Labute approximate surface area is 770 Å². The summed E-state index contributed by atoms with van der Waals surface area (Å²) in [5, 5.41) is 212. The van der Waals surface area contributed by atoms with Crippen molar-refractivity contribution in [3.8, 4) is 5.75 Å². The predicted octanol–water partition coefficient (Wildman–Crippen LogP) is -11.6. The summed E-state index contributed by atoms with van der Waals surface area (Å²) in [6, 6.07) is 4.76. The van der Waals surface area contributed by atoms with E-state index in [1.165, 1.54) is 32.9 Å². The number of hydrogen-bond acceptors (Lipinski definition) is 46. The summed E-state index contributed by atoms with van der Waals surface area (Å²) in [7, 11) is -4.52. The number of aliphatic hydroxyl groups excluding tert-OH is 17. The molecule has 1 aromatic heterocycles. The standard InChI is InChI=1S/C81H122N10O43S/c1-34-23-38(24-35(2)71(34)135(116,117)91-42(74(114)115)27-87-73(113)51-36(3)52(100)39-9-8-37(25-41(39)89-51)26-88-81-85-14-15-86-81)121-18-4-7-49(98)83-12-5-16-118-19-21-120-22-20-119-17-6-13-84-72(112)40(82)10-11-50(99)90-134-70-63(111)80-127-48(33-97)69(70)133-79-62(110)57(105)67(46(31-95)126-79)131-77-60(108)55(103)65(44(29-93)124-77)129-75-58(106)53(101)64(43(28-92)122-75)128-76-59(107)54(102)66(45(30-94)123-76)130-78-61(109)56(104)68(132-80)47(32-96)125-78/h8-9,14-15,23-25,36,40,42-48,53-70,75-80,91-97,101-111H,4-7,10-13,16-22,26-33,82H2,1-3H3,(H,83,98)(H,84,112)(H,87,113)(H,90,99)(H,114,115)(H2,85,86,88)/t36?,40?,42?,43-,44-,45-,46-,47-,48-,53-,54-,55-,56-,57-,58-,59-,60-,61-,62-,63-,64-,65-,66-,67-,68-,69+,70-,75-,76-,77-,78-,79-,80-/m1/s1. The number of benzene rings is 2. The number of anilines is 1. The van der Waals surface area contributed by atoms with Crippen molar-refractivity contribution < 1.29 is 210 Å². The number of hydrogen-bond donors (Lipinski definition) is 26. The van der Waals surface area contributed by atoms with Crippen LogP contribution in [-0.2, 0) is 116 Å². The number of amides is 4. The third-order valence-electron chi connectivity index (χ3n) is 23.4. The first-order valence-corrected chi connectivity index (χ1v) is 45.3. The number of carboxylic acids is 1. The lowest BCUT2D eigenvalue weighted by molar-refractivity contribution is -0.405. The maximum Gasteiger partial charge on any atom is 0.323 e. The number of fused-ring (bicyclic) bond motifs is 1. The fraction of sp³-hybridized carbons (Fsp3) is 0.728. The molecule has 53 nitrogen and oxygen atoms in total. The lowest BCUT2D eigenvalue weighted by Gasteiger charge is -2.51. The molecule has 23 aliphatic heterocycles. The molecule has 2 aromatic carbocycles. The van der Waals surface area contributed by atoms with E-state index in [2.05, 4.69) is 46.4 Å². The van der Waals surface area contributed by atoms with Gasteiger partial charge in [0.15, 0.2) is 49.5 Å². The van der Waals surface area contributed by atoms with Gasteiger partial charge in [0.25, 0.3) is 5.91 Å². The van der Waals surface area contributed by atoms with Gasteiger partial charge in [-0.1, -0.05) is 6.07 Å². The number of imidazole rings is 1. The number of H-pyrrole nitrogens is 1. The van der Waals surface area contributed by atoms with Gasteiger partial charge in [-0.3, -0.25) is 33.6 Å². The molecule has 0 aliphatic carbocycles.